The lowest BCUT2D eigenvalue weighted by atomic mass is 10.0. The van der Waals surface area contributed by atoms with Crippen molar-refractivity contribution >= 4 is 11.3 Å². The van der Waals surface area contributed by atoms with Gasteiger partial charge in [-0.05, 0) is 48.5 Å². The second-order valence-corrected chi connectivity index (χ2v) is 7.34. The number of hydrogen-bond donors (Lipinski definition) is 0. The molecule has 1 aromatic carbocycles. The summed E-state index contributed by atoms with van der Waals surface area (Å²) in [5.41, 5.74) is 2.26. The number of rotatable bonds is 4. The number of nitrogens with zero attached hydrogens (tertiary/aromatic N) is 3. The fourth-order valence-corrected chi connectivity index (χ4v) is 4.30. The summed E-state index contributed by atoms with van der Waals surface area (Å²) in [5.74, 6) is 3.01. The van der Waals surface area contributed by atoms with Crippen LogP contribution in [0.1, 0.15) is 30.3 Å². The zero-order valence-electron chi connectivity index (χ0n) is 14.3. The van der Waals surface area contributed by atoms with E-state index in [1.54, 1.807) is 11.3 Å². The van der Waals surface area contributed by atoms with E-state index in [0.29, 0.717) is 37.5 Å². The molecular formula is C19H19N3O3S. The predicted molar refractivity (Wildman–Crippen MR) is 97.4 cm³/mol. The van der Waals surface area contributed by atoms with Gasteiger partial charge in [-0.3, -0.25) is 4.90 Å². The van der Waals surface area contributed by atoms with Crippen molar-refractivity contribution in [3.8, 4) is 22.9 Å². The highest BCUT2D eigenvalue weighted by atomic mass is 32.1. The number of aromatic nitrogens is 2. The molecule has 5 rings (SSSR count). The van der Waals surface area contributed by atoms with Gasteiger partial charge in [-0.2, -0.15) is 16.3 Å². The molecule has 1 unspecified atom stereocenters. The van der Waals surface area contributed by atoms with E-state index in [0.717, 1.165) is 36.4 Å². The molecule has 134 valence electrons. The highest BCUT2D eigenvalue weighted by molar-refractivity contribution is 7.08. The lowest BCUT2D eigenvalue weighted by Crippen LogP contribution is -2.23. The first-order chi connectivity index (χ1) is 12.9. The Kier molecular flexibility index (Phi) is 4.10. The summed E-state index contributed by atoms with van der Waals surface area (Å²) in [6, 6.07) is 8.61. The van der Waals surface area contributed by atoms with Gasteiger partial charge in [0.25, 0.3) is 0 Å². The quantitative estimate of drug-likeness (QED) is 0.695. The van der Waals surface area contributed by atoms with E-state index in [1.165, 1.54) is 5.56 Å². The van der Waals surface area contributed by atoms with Gasteiger partial charge in [0.1, 0.15) is 13.2 Å². The first-order valence-electron chi connectivity index (χ1n) is 8.85. The van der Waals surface area contributed by atoms with Crippen LogP contribution in [0.15, 0.2) is 39.5 Å². The van der Waals surface area contributed by atoms with Crippen LogP contribution in [0.3, 0.4) is 0 Å². The molecule has 0 aliphatic carbocycles. The van der Waals surface area contributed by atoms with Gasteiger partial charge >= 0.3 is 0 Å². The van der Waals surface area contributed by atoms with Gasteiger partial charge in [0.2, 0.25) is 11.7 Å². The first kappa shape index (κ1) is 15.8. The largest absolute Gasteiger partial charge is 0.486 e. The number of thiophene rings is 1. The van der Waals surface area contributed by atoms with Crippen molar-refractivity contribution < 1.29 is 14.0 Å². The highest BCUT2D eigenvalue weighted by Gasteiger charge is 2.29. The molecule has 1 saturated heterocycles. The monoisotopic (exact) mass is 369 g/mol. The third kappa shape index (κ3) is 2.97. The molecule has 0 bridgehead atoms. The van der Waals surface area contributed by atoms with E-state index in [1.807, 2.05) is 22.9 Å². The Morgan fingerprint density at radius 1 is 1.15 bits per heavy atom. The number of ether oxygens (including phenoxy) is 2. The Labute approximate surface area is 155 Å². The smallest absolute Gasteiger partial charge is 0.241 e. The van der Waals surface area contributed by atoms with Crippen molar-refractivity contribution in [2.75, 3.05) is 19.8 Å². The highest BCUT2D eigenvalue weighted by Crippen LogP contribution is 2.38. The van der Waals surface area contributed by atoms with Crippen molar-refractivity contribution in [1.82, 2.24) is 15.0 Å². The summed E-state index contributed by atoms with van der Waals surface area (Å²) in [6.07, 6.45) is 2.27. The normalized spacial score (nSPS) is 19.8. The number of likely N-dealkylation sites (tertiary alicyclic amines) is 1. The molecule has 6 nitrogen and oxygen atoms in total. The molecule has 7 heteroatoms. The number of benzene rings is 1. The van der Waals surface area contributed by atoms with Crippen molar-refractivity contribution in [3.63, 3.8) is 0 Å². The van der Waals surface area contributed by atoms with Crippen LogP contribution in [-0.2, 0) is 6.54 Å². The van der Waals surface area contributed by atoms with Gasteiger partial charge in [-0.25, -0.2) is 0 Å². The molecule has 2 aromatic heterocycles. The van der Waals surface area contributed by atoms with Gasteiger partial charge in [-0.15, -0.1) is 0 Å². The number of fused-ring (bicyclic) bond motifs is 1. The maximum Gasteiger partial charge on any atom is 0.241 e. The fraction of sp³-hybridized carbons (Fsp3) is 0.368. The molecule has 0 amide bonds. The van der Waals surface area contributed by atoms with Crippen molar-refractivity contribution in [3.05, 3.63) is 46.5 Å². The second-order valence-electron chi connectivity index (χ2n) is 6.56. The molecule has 26 heavy (non-hydrogen) atoms. The first-order valence-corrected chi connectivity index (χ1v) is 9.80. The molecule has 2 aliphatic rings. The van der Waals surface area contributed by atoms with Crippen LogP contribution in [0, 0.1) is 0 Å². The lowest BCUT2D eigenvalue weighted by molar-refractivity contribution is 0.170. The van der Waals surface area contributed by atoms with Crippen LogP contribution in [0.4, 0.5) is 0 Å². The summed E-state index contributed by atoms with van der Waals surface area (Å²) in [6.45, 7) is 2.91. The SMILES string of the molecule is c1cc(-c2noc(CN3CCCC3c3ccc4c(c3)OCCO4)n2)cs1. The molecule has 0 N–H and O–H groups in total. The van der Waals surface area contributed by atoms with E-state index >= 15 is 0 Å². The van der Waals surface area contributed by atoms with Crippen molar-refractivity contribution in [1.29, 1.82) is 0 Å². The maximum atomic E-state index is 5.74. The van der Waals surface area contributed by atoms with Crippen LogP contribution >= 0.6 is 11.3 Å². The van der Waals surface area contributed by atoms with Gasteiger partial charge < -0.3 is 14.0 Å². The summed E-state index contributed by atoms with van der Waals surface area (Å²) in [4.78, 5) is 6.96. The van der Waals surface area contributed by atoms with Crippen LogP contribution < -0.4 is 9.47 Å². The zero-order chi connectivity index (χ0) is 17.3. The number of hydrogen-bond acceptors (Lipinski definition) is 7. The zero-order valence-corrected chi connectivity index (χ0v) is 15.1. The third-order valence-electron chi connectivity index (χ3n) is 4.90. The molecule has 3 aromatic rings. The van der Waals surface area contributed by atoms with Crippen molar-refractivity contribution in [2.24, 2.45) is 0 Å². The molecule has 0 radical (unpaired) electrons. The van der Waals surface area contributed by atoms with Crippen LogP contribution in [0.5, 0.6) is 11.5 Å². The van der Waals surface area contributed by atoms with Gasteiger partial charge in [-0.1, -0.05) is 11.2 Å². The Morgan fingerprint density at radius 3 is 2.96 bits per heavy atom. The van der Waals surface area contributed by atoms with E-state index in [2.05, 4.69) is 27.2 Å². The second kappa shape index (κ2) is 6.74. The Hall–Kier alpha value is -2.38. The standard InChI is InChI=1S/C19H19N3O3S/c1-2-15(13-3-4-16-17(10-13)24-8-7-23-16)22(6-1)11-18-20-19(21-25-18)14-5-9-26-12-14/h3-5,9-10,12,15H,1-2,6-8,11H2. The summed E-state index contributed by atoms with van der Waals surface area (Å²) < 4.78 is 16.9. The van der Waals surface area contributed by atoms with Crippen LogP contribution in [0.25, 0.3) is 11.4 Å². The fourth-order valence-electron chi connectivity index (χ4n) is 3.66. The van der Waals surface area contributed by atoms with E-state index in [4.69, 9.17) is 14.0 Å². The molecular weight excluding hydrogens is 350 g/mol. The van der Waals surface area contributed by atoms with E-state index in [9.17, 15) is 0 Å². The maximum absolute atomic E-state index is 5.74. The topological polar surface area (TPSA) is 60.6 Å². The molecule has 1 fully saturated rings. The molecule has 0 spiro atoms. The van der Waals surface area contributed by atoms with Gasteiger partial charge in [0.05, 0.1) is 6.54 Å². The van der Waals surface area contributed by atoms with Crippen LogP contribution in [0.2, 0.25) is 0 Å². The molecule has 2 aliphatic heterocycles. The lowest BCUT2D eigenvalue weighted by Gasteiger charge is -2.25. The van der Waals surface area contributed by atoms with Gasteiger partial charge in [0, 0.05) is 17.0 Å². The molecule has 1 atom stereocenters. The Morgan fingerprint density at radius 2 is 2.08 bits per heavy atom. The summed E-state index contributed by atoms with van der Waals surface area (Å²) in [5, 5.41) is 8.16. The van der Waals surface area contributed by atoms with Crippen molar-refractivity contribution in [2.45, 2.75) is 25.4 Å². The average molecular weight is 369 g/mol. The average Bonchev–Trinajstić information content (AvgIpc) is 3.43. The van der Waals surface area contributed by atoms with Gasteiger partial charge in [0.15, 0.2) is 11.5 Å². The van der Waals surface area contributed by atoms with E-state index < -0.39 is 0 Å². The minimum Gasteiger partial charge on any atom is -0.486 e. The minimum atomic E-state index is 0.335. The minimum absolute atomic E-state index is 0.335. The van der Waals surface area contributed by atoms with Crippen LogP contribution in [-0.4, -0.2) is 34.8 Å². The predicted octanol–water partition coefficient (Wildman–Crippen LogP) is 3.91. The summed E-state index contributed by atoms with van der Waals surface area (Å²) >= 11 is 1.63. The Bertz CT molecular complexity index is 893. The molecule has 0 saturated carbocycles. The third-order valence-corrected chi connectivity index (χ3v) is 5.58. The van der Waals surface area contributed by atoms with E-state index in [-0.39, 0.29) is 0 Å². The Balaban J connectivity index is 1.34. The summed E-state index contributed by atoms with van der Waals surface area (Å²) in [7, 11) is 0. The molecule has 4 heterocycles.